The minimum absolute atomic E-state index is 0.0275. The third kappa shape index (κ3) is 3.17. The van der Waals surface area contributed by atoms with Crippen LogP contribution in [0.1, 0.15) is 35.1 Å². The van der Waals surface area contributed by atoms with Gasteiger partial charge in [0.05, 0.1) is 6.04 Å². The molecular formula is C28H20ClNO2. The molecule has 156 valence electrons. The molecule has 0 fully saturated rings. The van der Waals surface area contributed by atoms with Gasteiger partial charge in [-0.3, -0.25) is 0 Å². The minimum Gasteiger partial charge on any atom is -0.421 e. The third-order valence-electron chi connectivity index (χ3n) is 6.44. The Morgan fingerprint density at radius 2 is 1.53 bits per heavy atom. The summed E-state index contributed by atoms with van der Waals surface area (Å²) >= 11 is 6.12. The second-order valence-corrected chi connectivity index (χ2v) is 8.75. The summed E-state index contributed by atoms with van der Waals surface area (Å²) in [4.78, 5) is 13.0. The van der Waals surface area contributed by atoms with Crippen molar-refractivity contribution in [3.8, 4) is 0 Å². The molecule has 2 heterocycles. The summed E-state index contributed by atoms with van der Waals surface area (Å²) in [5, 5.41) is 7.55. The molecule has 4 heteroatoms. The van der Waals surface area contributed by atoms with Crippen molar-refractivity contribution in [3.05, 3.63) is 123 Å². The van der Waals surface area contributed by atoms with Crippen molar-refractivity contribution < 1.29 is 4.42 Å². The number of nitrogens with one attached hydrogen (secondary N) is 1. The van der Waals surface area contributed by atoms with Crippen LogP contribution in [0.15, 0.2) is 100 Å². The fourth-order valence-electron chi connectivity index (χ4n) is 4.90. The van der Waals surface area contributed by atoms with E-state index < -0.39 is 0 Å². The molecule has 1 aliphatic rings. The maximum atomic E-state index is 13.0. The van der Waals surface area contributed by atoms with E-state index in [1.54, 1.807) is 0 Å². The van der Waals surface area contributed by atoms with E-state index in [4.69, 9.17) is 16.0 Å². The van der Waals surface area contributed by atoms with Crippen LogP contribution >= 0.6 is 11.6 Å². The quantitative estimate of drug-likeness (QED) is 0.295. The molecule has 2 atom stereocenters. The third-order valence-corrected chi connectivity index (χ3v) is 6.69. The number of benzene rings is 4. The molecule has 0 unspecified atom stereocenters. The molecule has 0 amide bonds. The van der Waals surface area contributed by atoms with E-state index in [2.05, 4.69) is 47.8 Å². The lowest BCUT2D eigenvalue weighted by molar-refractivity contribution is 0.539. The van der Waals surface area contributed by atoms with Crippen molar-refractivity contribution in [1.82, 2.24) is 0 Å². The number of anilines is 1. The van der Waals surface area contributed by atoms with Gasteiger partial charge < -0.3 is 9.73 Å². The summed E-state index contributed by atoms with van der Waals surface area (Å²) in [6.45, 7) is 0. The standard InChI is InChI=1S/C28H20ClNO2/c29-21-13-11-18(12-14-21)24-16-23(20-10-9-17-5-1-2-6-19(17)15-20)26-22-7-3-4-8-25(22)32-28(31)27(26)30-24/h1-15,23-24,30H,16H2/t23-,24-/m0/s1. The van der Waals surface area contributed by atoms with Gasteiger partial charge >= 0.3 is 5.63 Å². The van der Waals surface area contributed by atoms with Gasteiger partial charge in [-0.2, -0.15) is 0 Å². The number of hydrogen-bond acceptors (Lipinski definition) is 3. The molecule has 0 bridgehead atoms. The highest BCUT2D eigenvalue weighted by Crippen LogP contribution is 2.45. The Morgan fingerprint density at radius 1 is 0.812 bits per heavy atom. The number of fused-ring (bicyclic) bond motifs is 4. The molecule has 0 spiro atoms. The van der Waals surface area contributed by atoms with Crippen molar-refractivity contribution in [2.45, 2.75) is 18.4 Å². The molecule has 1 aromatic heterocycles. The van der Waals surface area contributed by atoms with Gasteiger partial charge in [-0.05, 0) is 46.5 Å². The van der Waals surface area contributed by atoms with E-state index in [-0.39, 0.29) is 17.6 Å². The molecule has 1 N–H and O–H groups in total. The van der Waals surface area contributed by atoms with E-state index in [0.29, 0.717) is 16.3 Å². The first kappa shape index (κ1) is 19.1. The monoisotopic (exact) mass is 437 g/mol. The van der Waals surface area contributed by atoms with E-state index in [1.807, 2.05) is 48.5 Å². The average molecular weight is 438 g/mol. The second-order valence-electron chi connectivity index (χ2n) is 8.32. The lowest BCUT2D eigenvalue weighted by atomic mass is 9.79. The summed E-state index contributed by atoms with van der Waals surface area (Å²) in [7, 11) is 0. The first-order valence-corrected chi connectivity index (χ1v) is 11.1. The number of rotatable bonds is 2. The molecule has 1 aliphatic heterocycles. The maximum absolute atomic E-state index is 13.0. The van der Waals surface area contributed by atoms with Crippen LogP contribution < -0.4 is 10.9 Å². The first-order chi connectivity index (χ1) is 15.7. The van der Waals surface area contributed by atoms with Crippen molar-refractivity contribution in [3.63, 3.8) is 0 Å². The maximum Gasteiger partial charge on any atom is 0.360 e. The summed E-state index contributed by atoms with van der Waals surface area (Å²) in [6, 6.07) is 30.5. The van der Waals surface area contributed by atoms with Gasteiger partial charge in [0.2, 0.25) is 0 Å². The highest BCUT2D eigenvalue weighted by Gasteiger charge is 2.33. The number of hydrogen-bond donors (Lipinski definition) is 1. The van der Waals surface area contributed by atoms with Gasteiger partial charge in [0.15, 0.2) is 0 Å². The Balaban J connectivity index is 1.58. The van der Waals surface area contributed by atoms with Gasteiger partial charge in [0.1, 0.15) is 11.3 Å². The minimum atomic E-state index is -0.330. The van der Waals surface area contributed by atoms with Crippen molar-refractivity contribution >= 4 is 39.0 Å². The SMILES string of the molecule is O=c1oc2ccccc2c2c1N[C@H](c1ccc(Cl)cc1)C[C@H]2c1ccc2ccccc2c1. The average Bonchev–Trinajstić information content (AvgIpc) is 2.84. The largest absolute Gasteiger partial charge is 0.421 e. The number of para-hydroxylation sites is 1. The lowest BCUT2D eigenvalue weighted by Gasteiger charge is -2.34. The van der Waals surface area contributed by atoms with Crippen LogP contribution in [0.5, 0.6) is 0 Å². The lowest BCUT2D eigenvalue weighted by Crippen LogP contribution is -2.27. The zero-order chi connectivity index (χ0) is 21.7. The van der Waals surface area contributed by atoms with E-state index in [1.165, 1.54) is 16.3 Å². The van der Waals surface area contributed by atoms with Gasteiger partial charge in [0, 0.05) is 21.9 Å². The van der Waals surface area contributed by atoms with Crippen molar-refractivity contribution in [2.75, 3.05) is 5.32 Å². The molecular weight excluding hydrogens is 418 g/mol. The van der Waals surface area contributed by atoms with E-state index in [9.17, 15) is 4.79 Å². The molecule has 3 nitrogen and oxygen atoms in total. The van der Waals surface area contributed by atoms with Gasteiger partial charge in [-0.15, -0.1) is 0 Å². The fourth-order valence-corrected chi connectivity index (χ4v) is 5.03. The second kappa shape index (κ2) is 7.54. The molecule has 0 radical (unpaired) electrons. The van der Waals surface area contributed by atoms with Crippen molar-refractivity contribution in [2.24, 2.45) is 0 Å². The Labute approximate surface area is 190 Å². The predicted octanol–water partition coefficient (Wildman–Crippen LogP) is 7.29. The highest BCUT2D eigenvalue weighted by atomic mass is 35.5. The van der Waals surface area contributed by atoms with E-state index >= 15 is 0 Å². The molecule has 5 aromatic rings. The van der Waals surface area contributed by atoms with Crippen molar-refractivity contribution in [1.29, 1.82) is 0 Å². The van der Waals surface area contributed by atoms with Crippen LogP contribution in [0.25, 0.3) is 21.7 Å². The summed E-state index contributed by atoms with van der Waals surface area (Å²) in [5.74, 6) is 0.0468. The zero-order valence-electron chi connectivity index (χ0n) is 17.2. The van der Waals surface area contributed by atoms with Crippen LogP contribution in [0.4, 0.5) is 5.69 Å². The van der Waals surface area contributed by atoms with Crippen LogP contribution in [0, 0.1) is 0 Å². The summed E-state index contributed by atoms with van der Waals surface area (Å²) in [6.07, 6.45) is 0.820. The number of halogens is 1. The molecule has 0 saturated carbocycles. The normalized spacial score (nSPS) is 17.8. The van der Waals surface area contributed by atoms with E-state index in [0.717, 1.165) is 22.9 Å². The highest BCUT2D eigenvalue weighted by molar-refractivity contribution is 6.30. The zero-order valence-corrected chi connectivity index (χ0v) is 18.0. The Morgan fingerprint density at radius 3 is 2.38 bits per heavy atom. The molecule has 32 heavy (non-hydrogen) atoms. The van der Waals surface area contributed by atoms with Crippen LogP contribution in [0.3, 0.4) is 0 Å². The molecule has 0 aliphatic carbocycles. The Bertz CT molecular complexity index is 1520. The topological polar surface area (TPSA) is 42.2 Å². The molecule has 6 rings (SSSR count). The predicted molar refractivity (Wildman–Crippen MR) is 131 cm³/mol. The molecule has 4 aromatic carbocycles. The smallest absolute Gasteiger partial charge is 0.360 e. The van der Waals surface area contributed by atoms with Crippen LogP contribution in [0.2, 0.25) is 5.02 Å². The van der Waals surface area contributed by atoms with Crippen LogP contribution in [-0.4, -0.2) is 0 Å². The van der Waals surface area contributed by atoms with Crippen LogP contribution in [-0.2, 0) is 0 Å². The van der Waals surface area contributed by atoms with Gasteiger partial charge in [-0.1, -0.05) is 84.4 Å². The fraction of sp³-hybridized carbons (Fsp3) is 0.107. The summed E-state index contributed by atoms with van der Waals surface area (Å²) in [5.41, 5.74) is 4.14. The first-order valence-electron chi connectivity index (χ1n) is 10.7. The molecule has 0 saturated heterocycles. The Kier molecular flexibility index (Phi) is 4.51. The Hall–Kier alpha value is -3.56. The summed E-state index contributed by atoms with van der Waals surface area (Å²) < 4.78 is 5.68. The van der Waals surface area contributed by atoms with Gasteiger partial charge in [-0.25, -0.2) is 4.79 Å². The van der Waals surface area contributed by atoms with Gasteiger partial charge in [0.25, 0.3) is 0 Å².